The second-order valence-electron chi connectivity index (χ2n) is 3.75. The third kappa shape index (κ3) is 3.00. The summed E-state index contributed by atoms with van der Waals surface area (Å²) < 4.78 is 20.9. The second-order valence-corrected chi connectivity index (χ2v) is 3.75. The van der Waals surface area contributed by atoms with Crippen molar-refractivity contribution in [3.05, 3.63) is 24.3 Å². The molecule has 0 radical (unpaired) electrons. The minimum Gasteiger partial charge on any atom is -0.493 e. The largest absolute Gasteiger partial charge is 0.493 e. The van der Waals surface area contributed by atoms with Crippen LogP contribution in [-0.2, 0) is 0 Å². The molecule has 0 saturated heterocycles. The van der Waals surface area contributed by atoms with Gasteiger partial charge in [0.1, 0.15) is 0 Å². The van der Waals surface area contributed by atoms with Gasteiger partial charge in [0, 0.05) is 11.8 Å². The molecule has 0 amide bonds. The van der Waals surface area contributed by atoms with Gasteiger partial charge in [-0.1, -0.05) is 0 Å². The summed E-state index contributed by atoms with van der Waals surface area (Å²) in [6.45, 7) is 0. The third-order valence-electron chi connectivity index (χ3n) is 2.47. The molecule has 0 spiro atoms. The zero-order valence-electron chi connectivity index (χ0n) is 11.4. The lowest BCUT2D eigenvalue weighted by molar-refractivity contribution is 0.336. The Morgan fingerprint density at radius 1 is 0.850 bits per heavy atom. The van der Waals surface area contributed by atoms with Crippen LogP contribution in [0.5, 0.6) is 29.3 Å². The molecule has 0 fully saturated rings. The minimum absolute atomic E-state index is 0.0873. The number of anilines is 1. The van der Waals surface area contributed by atoms with E-state index in [4.69, 9.17) is 24.7 Å². The Bertz CT molecular complexity index is 582. The Morgan fingerprint density at radius 2 is 1.50 bits per heavy atom. The highest BCUT2D eigenvalue weighted by molar-refractivity contribution is 5.52. The molecular formula is C13H15N3O4. The highest BCUT2D eigenvalue weighted by atomic mass is 16.5. The van der Waals surface area contributed by atoms with Crippen LogP contribution in [0.15, 0.2) is 24.3 Å². The van der Waals surface area contributed by atoms with E-state index in [9.17, 15) is 0 Å². The van der Waals surface area contributed by atoms with E-state index in [-0.39, 0.29) is 6.01 Å². The Morgan fingerprint density at radius 3 is 2.05 bits per heavy atom. The predicted molar refractivity (Wildman–Crippen MR) is 72.6 cm³/mol. The molecule has 2 rings (SSSR count). The molecule has 0 aliphatic heterocycles. The number of nitrogens with two attached hydrogens (primary N) is 1. The van der Waals surface area contributed by atoms with Gasteiger partial charge >= 0.3 is 6.01 Å². The quantitative estimate of drug-likeness (QED) is 0.834. The van der Waals surface area contributed by atoms with Crippen LogP contribution < -0.4 is 24.7 Å². The Kier molecular flexibility index (Phi) is 4.09. The maximum absolute atomic E-state index is 5.68. The SMILES string of the molecule is COc1cc(OC)nc(Oc2ccc(N)cc2OC)n1. The number of methoxy groups -OCH3 is 3. The fourth-order valence-corrected chi connectivity index (χ4v) is 1.51. The average molecular weight is 277 g/mol. The fraction of sp³-hybridized carbons (Fsp3) is 0.231. The van der Waals surface area contributed by atoms with Crippen molar-refractivity contribution in [1.82, 2.24) is 9.97 Å². The van der Waals surface area contributed by atoms with Gasteiger partial charge in [0.15, 0.2) is 11.5 Å². The van der Waals surface area contributed by atoms with Crippen LogP contribution >= 0.6 is 0 Å². The number of rotatable bonds is 5. The lowest BCUT2D eigenvalue weighted by atomic mass is 10.3. The minimum atomic E-state index is 0.0873. The smallest absolute Gasteiger partial charge is 0.328 e. The van der Waals surface area contributed by atoms with Crippen molar-refractivity contribution in [2.75, 3.05) is 27.1 Å². The molecule has 1 heterocycles. The highest BCUT2D eigenvalue weighted by Crippen LogP contribution is 2.32. The first-order chi connectivity index (χ1) is 9.66. The molecule has 0 aliphatic carbocycles. The van der Waals surface area contributed by atoms with E-state index in [1.807, 2.05) is 0 Å². The summed E-state index contributed by atoms with van der Waals surface area (Å²) in [4.78, 5) is 8.14. The van der Waals surface area contributed by atoms with Gasteiger partial charge in [-0.3, -0.25) is 0 Å². The van der Waals surface area contributed by atoms with E-state index in [2.05, 4.69) is 9.97 Å². The van der Waals surface area contributed by atoms with E-state index < -0.39 is 0 Å². The van der Waals surface area contributed by atoms with Crippen molar-refractivity contribution in [3.63, 3.8) is 0 Å². The first-order valence-electron chi connectivity index (χ1n) is 5.74. The molecule has 7 nitrogen and oxygen atoms in total. The van der Waals surface area contributed by atoms with Crippen LogP contribution in [0.1, 0.15) is 0 Å². The van der Waals surface area contributed by atoms with Crippen molar-refractivity contribution in [1.29, 1.82) is 0 Å². The van der Waals surface area contributed by atoms with E-state index in [1.54, 1.807) is 24.3 Å². The van der Waals surface area contributed by atoms with Crippen LogP contribution in [0.4, 0.5) is 5.69 Å². The number of aromatic nitrogens is 2. The zero-order chi connectivity index (χ0) is 14.5. The summed E-state index contributed by atoms with van der Waals surface area (Å²) >= 11 is 0. The van der Waals surface area contributed by atoms with Crippen LogP contribution in [0.2, 0.25) is 0 Å². The average Bonchev–Trinajstić information content (AvgIpc) is 2.48. The maximum atomic E-state index is 5.68. The van der Waals surface area contributed by atoms with Crippen LogP contribution in [0.3, 0.4) is 0 Å². The molecule has 0 saturated carbocycles. The molecule has 0 unspecified atom stereocenters. The van der Waals surface area contributed by atoms with Gasteiger partial charge in [-0.15, -0.1) is 0 Å². The van der Waals surface area contributed by atoms with E-state index >= 15 is 0 Å². The molecule has 2 aromatic rings. The van der Waals surface area contributed by atoms with Gasteiger partial charge in [0.2, 0.25) is 11.8 Å². The van der Waals surface area contributed by atoms with Crippen molar-refractivity contribution in [2.24, 2.45) is 0 Å². The number of nitrogens with zero attached hydrogens (tertiary/aromatic N) is 2. The Labute approximate surface area is 116 Å². The monoisotopic (exact) mass is 277 g/mol. The third-order valence-corrected chi connectivity index (χ3v) is 2.47. The topological polar surface area (TPSA) is 88.7 Å². The van der Waals surface area contributed by atoms with Gasteiger partial charge in [-0.2, -0.15) is 9.97 Å². The van der Waals surface area contributed by atoms with Crippen LogP contribution in [0.25, 0.3) is 0 Å². The number of benzene rings is 1. The maximum Gasteiger partial charge on any atom is 0.328 e. The highest BCUT2D eigenvalue weighted by Gasteiger charge is 2.11. The summed E-state index contributed by atoms with van der Waals surface area (Å²) in [6, 6.07) is 6.64. The first kappa shape index (κ1) is 13.7. The lowest BCUT2D eigenvalue weighted by Crippen LogP contribution is -1.99. The molecule has 1 aromatic carbocycles. The van der Waals surface area contributed by atoms with Gasteiger partial charge in [0.25, 0.3) is 0 Å². The van der Waals surface area contributed by atoms with Crippen molar-refractivity contribution in [2.45, 2.75) is 0 Å². The standard InChI is InChI=1S/C13H15N3O4/c1-17-10-6-8(14)4-5-9(10)20-13-15-11(18-2)7-12(16-13)19-3/h4-7H,14H2,1-3H3. The molecule has 0 aliphatic rings. The van der Waals surface area contributed by atoms with Crippen LogP contribution in [0, 0.1) is 0 Å². The zero-order valence-corrected chi connectivity index (χ0v) is 11.4. The molecule has 20 heavy (non-hydrogen) atoms. The Hall–Kier alpha value is -2.70. The molecule has 1 aromatic heterocycles. The van der Waals surface area contributed by atoms with Gasteiger partial charge in [-0.25, -0.2) is 0 Å². The molecule has 106 valence electrons. The molecule has 0 bridgehead atoms. The second kappa shape index (κ2) is 5.96. The van der Waals surface area contributed by atoms with Crippen molar-refractivity contribution >= 4 is 5.69 Å². The summed E-state index contributed by atoms with van der Waals surface area (Å²) in [5, 5.41) is 0. The molecule has 2 N–H and O–H groups in total. The van der Waals surface area contributed by atoms with E-state index in [1.165, 1.54) is 21.3 Å². The normalized spacial score (nSPS) is 9.95. The lowest BCUT2D eigenvalue weighted by Gasteiger charge is -2.10. The summed E-state index contributed by atoms with van der Waals surface area (Å²) in [5.74, 6) is 1.59. The number of nitrogen functional groups attached to an aromatic ring is 1. The van der Waals surface area contributed by atoms with Gasteiger partial charge in [0.05, 0.1) is 27.4 Å². The predicted octanol–water partition coefficient (Wildman–Crippen LogP) is 1.88. The summed E-state index contributed by atoms with van der Waals surface area (Å²) in [7, 11) is 4.51. The van der Waals surface area contributed by atoms with Gasteiger partial charge < -0.3 is 24.7 Å². The first-order valence-corrected chi connectivity index (χ1v) is 5.74. The molecule has 0 atom stereocenters. The van der Waals surface area contributed by atoms with Crippen molar-refractivity contribution in [3.8, 4) is 29.3 Å². The Balaban J connectivity index is 2.34. The van der Waals surface area contributed by atoms with Crippen molar-refractivity contribution < 1.29 is 18.9 Å². The van der Waals surface area contributed by atoms with E-state index in [0.29, 0.717) is 28.9 Å². The summed E-state index contributed by atoms with van der Waals surface area (Å²) in [5.41, 5.74) is 6.25. The summed E-state index contributed by atoms with van der Waals surface area (Å²) in [6.07, 6.45) is 0. The number of ether oxygens (including phenoxy) is 4. The number of hydrogen-bond acceptors (Lipinski definition) is 7. The molecular weight excluding hydrogens is 262 g/mol. The molecule has 7 heteroatoms. The fourth-order valence-electron chi connectivity index (χ4n) is 1.51. The van der Waals surface area contributed by atoms with Crippen LogP contribution in [-0.4, -0.2) is 31.3 Å². The van der Waals surface area contributed by atoms with Gasteiger partial charge in [-0.05, 0) is 12.1 Å². The van der Waals surface area contributed by atoms with E-state index in [0.717, 1.165) is 0 Å². The number of hydrogen-bond donors (Lipinski definition) is 1.